The Labute approximate surface area is 156 Å². The van der Waals surface area contributed by atoms with Gasteiger partial charge in [0.1, 0.15) is 7.05 Å². The van der Waals surface area contributed by atoms with E-state index in [0.717, 1.165) is 27.8 Å². The summed E-state index contributed by atoms with van der Waals surface area (Å²) >= 11 is 1.62. The van der Waals surface area contributed by atoms with Gasteiger partial charge in [-0.05, 0) is 25.1 Å². The lowest BCUT2D eigenvalue weighted by Gasteiger charge is -2.18. The lowest BCUT2D eigenvalue weighted by molar-refractivity contribution is 0.453. The van der Waals surface area contributed by atoms with Crippen LogP contribution in [-0.4, -0.2) is 18.7 Å². The van der Waals surface area contributed by atoms with Crippen molar-refractivity contribution in [3.8, 4) is 5.75 Å². The minimum Gasteiger partial charge on any atom is -0.502 e. The molecule has 5 heteroatoms. The van der Waals surface area contributed by atoms with Gasteiger partial charge in [0.15, 0.2) is 0 Å². The summed E-state index contributed by atoms with van der Waals surface area (Å²) in [7, 11) is 1.79. The molecule has 0 aromatic heterocycles. The zero-order valence-corrected chi connectivity index (χ0v) is 15.5. The van der Waals surface area contributed by atoms with Crippen LogP contribution >= 0.6 is 11.8 Å². The fourth-order valence-electron chi connectivity index (χ4n) is 3.24. The highest BCUT2D eigenvalue weighted by Crippen LogP contribution is 2.46. The molecular formula is C21H19N2O2S+. The summed E-state index contributed by atoms with van der Waals surface area (Å²) in [5, 5.41) is 11.8. The first-order valence-corrected chi connectivity index (χ1v) is 9.33. The molecule has 4 nitrogen and oxygen atoms in total. The maximum Gasteiger partial charge on any atom is 0.296 e. The van der Waals surface area contributed by atoms with Gasteiger partial charge in [0, 0.05) is 23.6 Å². The predicted octanol–water partition coefficient (Wildman–Crippen LogP) is 3.29. The van der Waals surface area contributed by atoms with Gasteiger partial charge in [-0.15, -0.1) is 0 Å². The molecule has 1 heterocycles. The Balaban J connectivity index is 1.76. The molecule has 0 radical (unpaired) electrons. The fourth-order valence-corrected chi connectivity index (χ4v) is 4.41. The van der Waals surface area contributed by atoms with E-state index in [-0.39, 0.29) is 11.2 Å². The van der Waals surface area contributed by atoms with Gasteiger partial charge >= 0.3 is 0 Å². The van der Waals surface area contributed by atoms with Gasteiger partial charge < -0.3 is 10.0 Å². The van der Waals surface area contributed by atoms with Crippen LogP contribution in [0, 0.1) is 0 Å². The molecule has 0 fully saturated rings. The van der Waals surface area contributed by atoms with E-state index in [0.29, 0.717) is 10.9 Å². The van der Waals surface area contributed by atoms with Crippen LogP contribution in [-0.2, 0) is 0 Å². The minimum absolute atomic E-state index is 0.0569. The first-order valence-electron chi connectivity index (χ1n) is 8.52. The standard InChI is InChI=1S/C21H18N2O2S/c1-3-23-16-11-7-8-12-17(16)26-18(23)13-15-20(24)19(21(15)25)22(2)14-9-5-4-6-10-14/h4-13H,3H2,1-2H3/p+1. The Kier molecular flexibility index (Phi) is 4.17. The highest BCUT2D eigenvalue weighted by molar-refractivity contribution is 8.03. The Hall–Kier alpha value is -2.79. The average Bonchev–Trinajstić information content (AvgIpc) is 3.04. The zero-order chi connectivity index (χ0) is 18.3. The van der Waals surface area contributed by atoms with E-state index < -0.39 is 0 Å². The lowest BCUT2D eigenvalue weighted by Crippen LogP contribution is -2.42. The number of benzene rings is 2. The molecule has 0 unspecified atom stereocenters. The van der Waals surface area contributed by atoms with Crippen molar-refractivity contribution < 1.29 is 5.11 Å². The van der Waals surface area contributed by atoms with Crippen molar-refractivity contribution in [2.24, 2.45) is 0 Å². The van der Waals surface area contributed by atoms with Crippen molar-refractivity contribution in [2.75, 3.05) is 18.5 Å². The lowest BCUT2D eigenvalue weighted by atomic mass is 10.1. The number of para-hydroxylation sites is 2. The Morgan fingerprint density at radius 1 is 1.12 bits per heavy atom. The molecule has 26 heavy (non-hydrogen) atoms. The van der Waals surface area contributed by atoms with E-state index in [1.54, 1.807) is 29.5 Å². The van der Waals surface area contributed by atoms with Crippen LogP contribution in [0.1, 0.15) is 12.5 Å². The highest BCUT2D eigenvalue weighted by atomic mass is 32.2. The molecule has 1 aliphatic rings. The Morgan fingerprint density at radius 3 is 2.50 bits per heavy atom. The molecule has 0 aliphatic carbocycles. The Bertz CT molecular complexity index is 1090. The van der Waals surface area contributed by atoms with Gasteiger partial charge in [0.2, 0.25) is 11.4 Å². The van der Waals surface area contributed by atoms with Gasteiger partial charge in [-0.25, -0.2) is 0 Å². The summed E-state index contributed by atoms with van der Waals surface area (Å²) in [6.07, 6.45) is 1.80. The van der Waals surface area contributed by atoms with E-state index in [2.05, 4.69) is 24.0 Å². The van der Waals surface area contributed by atoms with E-state index in [1.807, 2.05) is 42.5 Å². The number of hydrogen-bond acceptors (Lipinski definition) is 4. The van der Waals surface area contributed by atoms with Crippen LogP contribution in [0.3, 0.4) is 0 Å². The topological polar surface area (TPSA) is 43.5 Å². The number of rotatable bonds is 3. The number of hydrogen-bond donors (Lipinski definition) is 1. The summed E-state index contributed by atoms with van der Waals surface area (Å²) in [6.45, 7) is 2.88. The van der Waals surface area contributed by atoms with Gasteiger partial charge in [-0.1, -0.05) is 42.1 Å². The maximum atomic E-state index is 12.7. The molecule has 0 amide bonds. The molecule has 4 rings (SSSR count). The number of anilines is 1. The van der Waals surface area contributed by atoms with Crippen LogP contribution in [0.15, 0.2) is 69.3 Å². The molecule has 0 saturated carbocycles. The minimum atomic E-state index is -0.131. The highest BCUT2D eigenvalue weighted by Gasteiger charge is 2.28. The molecule has 0 atom stereocenters. The maximum absolute atomic E-state index is 12.7. The number of thioether (sulfide) groups is 1. The molecule has 0 spiro atoms. The van der Waals surface area contributed by atoms with Gasteiger partial charge in [-0.3, -0.25) is 4.79 Å². The van der Waals surface area contributed by atoms with Crippen molar-refractivity contribution in [3.63, 3.8) is 0 Å². The molecule has 0 saturated heterocycles. The molecule has 0 bridgehead atoms. The average molecular weight is 363 g/mol. The third-order valence-electron chi connectivity index (χ3n) is 4.64. The second kappa shape index (κ2) is 6.50. The fraction of sp³-hybridized carbons (Fsp3) is 0.143. The van der Waals surface area contributed by atoms with E-state index in [4.69, 9.17) is 0 Å². The third kappa shape index (κ3) is 2.56. The van der Waals surface area contributed by atoms with Crippen molar-refractivity contribution >= 4 is 29.2 Å². The SMILES string of the molecule is CCN1C(=Cc2c(O)c(=[N+](C)c3ccccc3)c2=O)Sc2ccccc21. The van der Waals surface area contributed by atoms with Crippen LogP contribution in [0.4, 0.5) is 11.4 Å². The molecule has 3 aromatic rings. The third-order valence-corrected chi connectivity index (χ3v) is 5.75. The monoisotopic (exact) mass is 363 g/mol. The van der Waals surface area contributed by atoms with Crippen LogP contribution in [0.2, 0.25) is 0 Å². The molecular weight excluding hydrogens is 344 g/mol. The Morgan fingerprint density at radius 2 is 1.81 bits per heavy atom. The molecule has 1 N–H and O–H groups in total. The van der Waals surface area contributed by atoms with Crippen LogP contribution in [0.5, 0.6) is 5.75 Å². The molecule has 3 aromatic carbocycles. The first-order chi connectivity index (χ1) is 12.6. The normalized spacial score (nSPS) is 16.2. The van der Waals surface area contributed by atoms with Gasteiger partial charge in [-0.2, -0.15) is 4.58 Å². The number of fused-ring (bicyclic) bond motifs is 1. The summed E-state index contributed by atoms with van der Waals surface area (Å²) in [5.41, 5.74) is 2.25. The van der Waals surface area contributed by atoms with Crippen molar-refractivity contribution in [1.29, 1.82) is 0 Å². The summed E-state index contributed by atoms with van der Waals surface area (Å²) in [5.74, 6) is 0.0569. The predicted molar refractivity (Wildman–Crippen MR) is 107 cm³/mol. The first kappa shape index (κ1) is 16.7. The van der Waals surface area contributed by atoms with E-state index in [1.165, 1.54) is 0 Å². The summed E-state index contributed by atoms with van der Waals surface area (Å²) in [4.78, 5) is 16.0. The second-order valence-electron chi connectivity index (χ2n) is 6.13. The van der Waals surface area contributed by atoms with Crippen molar-refractivity contribution in [1.82, 2.24) is 4.58 Å². The second-order valence-corrected chi connectivity index (χ2v) is 7.19. The van der Waals surface area contributed by atoms with Crippen LogP contribution in [0.25, 0.3) is 6.08 Å². The van der Waals surface area contributed by atoms with Crippen molar-refractivity contribution in [3.05, 3.63) is 80.8 Å². The van der Waals surface area contributed by atoms with E-state index >= 15 is 0 Å². The van der Waals surface area contributed by atoms with Gasteiger partial charge in [0.25, 0.3) is 10.8 Å². The number of nitrogens with zero attached hydrogens (tertiary/aromatic N) is 2. The largest absolute Gasteiger partial charge is 0.502 e. The van der Waals surface area contributed by atoms with Crippen LogP contribution < -0.4 is 20.3 Å². The van der Waals surface area contributed by atoms with Gasteiger partial charge in [0.05, 0.1) is 16.3 Å². The summed E-state index contributed by atoms with van der Waals surface area (Å²) in [6, 6.07) is 17.7. The summed E-state index contributed by atoms with van der Waals surface area (Å²) < 4.78 is 1.73. The zero-order valence-electron chi connectivity index (χ0n) is 14.6. The van der Waals surface area contributed by atoms with Crippen molar-refractivity contribution in [2.45, 2.75) is 11.8 Å². The molecule has 130 valence electrons. The molecule has 1 aliphatic heterocycles. The number of aromatic hydroxyl groups is 1. The smallest absolute Gasteiger partial charge is 0.296 e. The van der Waals surface area contributed by atoms with E-state index in [9.17, 15) is 9.90 Å². The quantitative estimate of drug-likeness (QED) is 0.725.